The van der Waals surface area contributed by atoms with Crippen LogP contribution in [0, 0.1) is 5.41 Å². The second-order valence-corrected chi connectivity index (χ2v) is 4.74. The van der Waals surface area contributed by atoms with Crippen molar-refractivity contribution in [2.45, 2.75) is 26.7 Å². The molecule has 0 aromatic rings. The van der Waals surface area contributed by atoms with Gasteiger partial charge in [0.15, 0.2) is 0 Å². The minimum absolute atomic E-state index is 0.687. The van der Waals surface area contributed by atoms with E-state index in [1.165, 1.54) is 52.1 Å². The smallest absolute Gasteiger partial charge is 0.00511 e. The van der Waals surface area contributed by atoms with Crippen molar-refractivity contribution in [1.82, 2.24) is 9.80 Å². The Morgan fingerprint density at radius 3 is 1.69 bits per heavy atom. The Balaban J connectivity index is 1.93. The van der Waals surface area contributed by atoms with Crippen LogP contribution in [-0.4, -0.2) is 49.1 Å². The highest BCUT2D eigenvalue weighted by atomic mass is 15.2. The van der Waals surface area contributed by atoms with Gasteiger partial charge in [-0.25, -0.2) is 0 Å². The van der Waals surface area contributed by atoms with E-state index in [2.05, 4.69) is 23.6 Å². The highest BCUT2D eigenvalue weighted by Crippen LogP contribution is 2.38. The molecule has 2 nitrogen and oxygen atoms in total. The molecule has 13 heavy (non-hydrogen) atoms. The summed E-state index contributed by atoms with van der Waals surface area (Å²) in [5.74, 6) is 0. The highest BCUT2D eigenvalue weighted by molar-refractivity contribution is 4.96. The quantitative estimate of drug-likeness (QED) is 0.637. The average Bonchev–Trinajstić information content (AvgIpc) is 2.74. The maximum Gasteiger partial charge on any atom is 0.00511 e. The molecule has 0 radical (unpaired) electrons. The van der Waals surface area contributed by atoms with Gasteiger partial charge in [-0.05, 0) is 44.4 Å². The molecule has 1 spiro atoms. The van der Waals surface area contributed by atoms with E-state index in [1.54, 1.807) is 0 Å². The molecule has 2 rings (SSSR count). The zero-order chi connectivity index (χ0) is 9.31. The Morgan fingerprint density at radius 1 is 0.923 bits per heavy atom. The summed E-state index contributed by atoms with van der Waals surface area (Å²) in [6.07, 6.45) is 2.88. The molecule has 2 heteroatoms. The van der Waals surface area contributed by atoms with E-state index in [-0.39, 0.29) is 0 Å². The Kier molecular flexibility index (Phi) is 2.61. The summed E-state index contributed by atoms with van der Waals surface area (Å²) in [5, 5.41) is 0. The fourth-order valence-electron chi connectivity index (χ4n) is 2.93. The first kappa shape index (κ1) is 9.47. The lowest BCUT2D eigenvalue weighted by atomic mass is 9.86. The second-order valence-electron chi connectivity index (χ2n) is 4.74. The summed E-state index contributed by atoms with van der Waals surface area (Å²) in [4.78, 5) is 5.22. The van der Waals surface area contributed by atoms with Crippen LogP contribution in [0.4, 0.5) is 0 Å². The monoisotopic (exact) mass is 182 g/mol. The normalized spacial score (nSPS) is 29.1. The Labute approximate surface area is 81.9 Å². The summed E-state index contributed by atoms with van der Waals surface area (Å²) >= 11 is 0. The molecular formula is C11H22N2. The highest BCUT2D eigenvalue weighted by Gasteiger charge is 2.42. The number of hydrogen-bond acceptors (Lipinski definition) is 2. The molecule has 76 valence electrons. The first-order valence-corrected chi connectivity index (χ1v) is 5.73. The molecule has 2 aliphatic heterocycles. The lowest BCUT2D eigenvalue weighted by Crippen LogP contribution is -2.30. The Bertz CT molecular complexity index is 159. The number of rotatable bonds is 2. The average molecular weight is 182 g/mol. The van der Waals surface area contributed by atoms with Crippen LogP contribution in [0.5, 0.6) is 0 Å². The molecule has 0 aromatic carbocycles. The third-order valence-corrected chi connectivity index (χ3v) is 3.93. The van der Waals surface area contributed by atoms with Crippen molar-refractivity contribution in [2.75, 3.05) is 39.3 Å². The molecule has 0 amide bonds. The number of hydrogen-bond donors (Lipinski definition) is 0. The third-order valence-electron chi connectivity index (χ3n) is 3.93. The van der Waals surface area contributed by atoms with Crippen LogP contribution in [0.3, 0.4) is 0 Å². The van der Waals surface area contributed by atoms with Crippen LogP contribution in [-0.2, 0) is 0 Å². The van der Waals surface area contributed by atoms with Crippen molar-refractivity contribution >= 4 is 0 Å². The fraction of sp³-hybridized carbons (Fsp3) is 1.00. The first-order chi connectivity index (χ1) is 6.28. The van der Waals surface area contributed by atoms with E-state index in [1.807, 2.05) is 0 Å². The minimum atomic E-state index is 0.687. The lowest BCUT2D eigenvalue weighted by Gasteiger charge is -2.23. The van der Waals surface area contributed by atoms with E-state index in [0.717, 1.165) is 0 Å². The summed E-state index contributed by atoms with van der Waals surface area (Å²) in [6.45, 7) is 12.5. The van der Waals surface area contributed by atoms with Gasteiger partial charge in [0.25, 0.3) is 0 Å². The molecule has 2 saturated heterocycles. The third kappa shape index (κ3) is 1.75. The van der Waals surface area contributed by atoms with Gasteiger partial charge < -0.3 is 9.80 Å². The molecule has 2 fully saturated rings. The van der Waals surface area contributed by atoms with Gasteiger partial charge in [-0.15, -0.1) is 0 Å². The lowest BCUT2D eigenvalue weighted by molar-refractivity contribution is 0.250. The van der Waals surface area contributed by atoms with Gasteiger partial charge in [0.1, 0.15) is 0 Å². The van der Waals surface area contributed by atoms with E-state index in [9.17, 15) is 0 Å². The van der Waals surface area contributed by atoms with Crippen molar-refractivity contribution in [3.8, 4) is 0 Å². The topological polar surface area (TPSA) is 6.48 Å². The van der Waals surface area contributed by atoms with Crippen LogP contribution in [0.1, 0.15) is 26.7 Å². The summed E-state index contributed by atoms with van der Waals surface area (Å²) in [7, 11) is 0. The largest absolute Gasteiger partial charge is 0.303 e. The van der Waals surface area contributed by atoms with Gasteiger partial charge in [0.2, 0.25) is 0 Å². The van der Waals surface area contributed by atoms with Gasteiger partial charge in [0, 0.05) is 13.1 Å². The molecule has 0 atom stereocenters. The van der Waals surface area contributed by atoms with Crippen molar-refractivity contribution in [3.63, 3.8) is 0 Å². The zero-order valence-corrected chi connectivity index (χ0v) is 9.05. The summed E-state index contributed by atoms with van der Waals surface area (Å²) in [6, 6.07) is 0. The molecule has 0 aliphatic carbocycles. The van der Waals surface area contributed by atoms with Crippen molar-refractivity contribution in [3.05, 3.63) is 0 Å². The zero-order valence-electron chi connectivity index (χ0n) is 9.05. The molecule has 0 saturated carbocycles. The molecule has 0 unspecified atom stereocenters. The van der Waals surface area contributed by atoms with Crippen LogP contribution in [0.15, 0.2) is 0 Å². The van der Waals surface area contributed by atoms with Crippen LogP contribution < -0.4 is 0 Å². The van der Waals surface area contributed by atoms with Crippen LogP contribution >= 0.6 is 0 Å². The van der Waals surface area contributed by atoms with Crippen molar-refractivity contribution in [1.29, 1.82) is 0 Å². The Morgan fingerprint density at radius 2 is 1.38 bits per heavy atom. The van der Waals surface area contributed by atoms with Crippen LogP contribution in [0.2, 0.25) is 0 Å². The van der Waals surface area contributed by atoms with Gasteiger partial charge in [-0.1, -0.05) is 13.8 Å². The predicted molar refractivity (Wildman–Crippen MR) is 55.9 cm³/mol. The van der Waals surface area contributed by atoms with E-state index in [4.69, 9.17) is 0 Å². The maximum absolute atomic E-state index is 2.61. The number of likely N-dealkylation sites (tertiary alicyclic amines) is 2. The van der Waals surface area contributed by atoms with E-state index >= 15 is 0 Å². The standard InChI is InChI=1S/C11H22N2/c1-3-12-7-5-11(9-12)6-8-13(4-2)10-11/h3-10H2,1-2H3. The predicted octanol–water partition coefficient (Wildman–Crippen LogP) is 1.42. The van der Waals surface area contributed by atoms with Gasteiger partial charge >= 0.3 is 0 Å². The molecule has 0 aromatic heterocycles. The minimum Gasteiger partial charge on any atom is -0.303 e. The van der Waals surface area contributed by atoms with Gasteiger partial charge in [0.05, 0.1) is 0 Å². The van der Waals surface area contributed by atoms with Crippen LogP contribution in [0.25, 0.3) is 0 Å². The molecule has 0 N–H and O–H groups in total. The van der Waals surface area contributed by atoms with Crippen molar-refractivity contribution in [2.24, 2.45) is 5.41 Å². The van der Waals surface area contributed by atoms with E-state index in [0.29, 0.717) is 5.41 Å². The Hall–Kier alpha value is -0.0800. The summed E-state index contributed by atoms with van der Waals surface area (Å²) in [5.41, 5.74) is 0.687. The first-order valence-electron chi connectivity index (χ1n) is 5.73. The number of nitrogens with zero attached hydrogens (tertiary/aromatic N) is 2. The van der Waals surface area contributed by atoms with E-state index < -0.39 is 0 Å². The van der Waals surface area contributed by atoms with Gasteiger partial charge in [-0.3, -0.25) is 0 Å². The second kappa shape index (κ2) is 3.58. The summed E-state index contributed by atoms with van der Waals surface area (Å²) < 4.78 is 0. The molecular weight excluding hydrogens is 160 g/mol. The molecule has 2 heterocycles. The molecule has 2 aliphatic rings. The van der Waals surface area contributed by atoms with Crippen molar-refractivity contribution < 1.29 is 0 Å². The van der Waals surface area contributed by atoms with Gasteiger partial charge in [-0.2, -0.15) is 0 Å². The fourth-order valence-corrected chi connectivity index (χ4v) is 2.93. The SMILES string of the molecule is CCN1CCC2(CCN(CC)C2)C1. The maximum atomic E-state index is 2.61. The molecule has 0 bridgehead atoms.